The summed E-state index contributed by atoms with van der Waals surface area (Å²) in [6.45, 7) is 2.48. The Hall–Kier alpha value is -1.62. The predicted molar refractivity (Wildman–Crippen MR) is 62.0 cm³/mol. The molecule has 2 heterocycles. The van der Waals surface area contributed by atoms with E-state index in [4.69, 9.17) is 5.73 Å². The average Bonchev–Trinajstić information content (AvgIpc) is 2.57. The molecule has 4 nitrogen and oxygen atoms in total. The largest absolute Gasteiger partial charge is 0.397 e. The standard InChI is InChI=1S/C10H11N3OS/c1-2-13-10(14)9-8(11)6-3-4-12-5-7(6)15-9/h3-5H,2,11H2,1H3,(H,13,14). The summed E-state index contributed by atoms with van der Waals surface area (Å²) in [5, 5.41) is 3.63. The molecule has 0 aliphatic carbocycles. The second kappa shape index (κ2) is 3.86. The highest BCUT2D eigenvalue weighted by Gasteiger charge is 2.15. The van der Waals surface area contributed by atoms with Gasteiger partial charge in [0.2, 0.25) is 0 Å². The van der Waals surface area contributed by atoms with Crippen molar-refractivity contribution in [2.24, 2.45) is 0 Å². The second-order valence-corrected chi connectivity index (χ2v) is 4.13. The van der Waals surface area contributed by atoms with E-state index in [9.17, 15) is 4.79 Å². The van der Waals surface area contributed by atoms with Crippen LogP contribution in [0.2, 0.25) is 0 Å². The number of nitrogens with zero attached hydrogens (tertiary/aromatic N) is 1. The topological polar surface area (TPSA) is 68.0 Å². The van der Waals surface area contributed by atoms with E-state index in [0.717, 1.165) is 10.1 Å². The number of pyridine rings is 1. The maximum Gasteiger partial charge on any atom is 0.263 e. The number of nitrogens with two attached hydrogens (primary N) is 1. The van der Waals surface area contributed by atoms with Crippen molar-refractivity contribution in [3.63, 3.8) is 0 Å². The minimum Gasteiger partial charge on any atom is -0.397 e. The number of aromatic nitrogens is 1. The summed E-state index contributed by atoms with van der Waals surface area (Å²) in [5.41, 5.74) is 6.44. The highest BCUT2D eigenvalue weighted by atomic mass is 32.1. The van der Waals surface area contributed by atoms with E-state index in [-0.39, 0.29) is 5.91 Å². The van der Waals surface area contributed by atoms with Gasteiger partial charge in [-0.25, -0.2) is 0 Å². The summed E-state index contributed by atoms with van der Waals surface area (Å²) < 4.78 is 0.941. The van der Waals surface area contributed by atoms with Crippen LogP contribution in [0.4, 0.5) is 5.69 Å². The van der Waals surface area contributed by atoms with Crippen LogP contribution in [0.5, 0.6) is 0 Å². The molecule has 0 aromatic carbocycles. The van der Waals surface area contributed by atoms with E-state index >= 15 is 0 Å². The lowest BCUT2D eigenvalue weighted by Crippen LogP contribution is -2.22. The van der Waals surface area contributed by atoms with Crippen molar-refractivity contribution in [3.05, 3.63) is 23.3 Å². The fourth-order valence-electron chi connectivity index (χ4n) is 1.38. The predicted octanol–water partition coefficient (Wildman–Crippen LogP) is 1.63. The summed E-state index contributed by atoms with van der Waals surface area (Å²) >= 11 is 1.37. The van der Waals surface area contributed by atoms with Crippen molar-refractivity contribution in [3.8, 4) is 0 Å². The highest BCUT2D eigenvalue weighted by molar-refractivity contribution is 7.21. The van der Waals surface area contributed by atoms with Gasteiger partial charge in [0.15, 0.2) is 0 Å². The first-order chi connectivity index (χ1) is 7.24. The maximum absolute atomic E-state index is 11.6. The lowest BCUT2D eigenvalue weighted by atomic mass is 10.2. The molecule has 2 rings (SSSR count). The van der Waals surface area contributed by atoms with Crippen LogP contribution in [0, 0.1) is 0 Å². The lowest BCUT2D eigenvalue weighted by Gasteiger charge is -1.99. The quantitative estimate of drug-likeness (QED) is 0.809. The molecule has 0 fully saturated rings. The zero-order valence-electron chi connectivity index (χ0n) is 8.28. The minimum absolute atomic E-state index is 0.115. The highest BCUT2D eigenvalue weighted by Crippen LogP contribution is 2.32. The van der Waals surface area contributed by atoms with Gasteiger partial charge in [-0.05, 0) is 13.0 Å². The first-order valence-corrected chi connectivity index (χ1v) is 5.46. The van der Waals surface area contributed by atoms with E-state index in [1.165, 1.54) is 11.3 Å². The molecular formula is C10H11N3OS. The van der Waals surface area contributed by atoms with Gasteiger partial charge in [0, 0.05) is 24.3 Å². The van der Waals surface area contributed by atoms with Gasteiger partial charge in [0.1, 0.15) is 4.88 Å². The molecule has 0 aliphatic heterocycles. The summed E-state index contributed by atoms with van der Waals surface area (Å²) in [5.74, 6) is -0.115. The first kappa shape index (κ1) is 9.92. The van der Waals surface area contributed by atoms with Gasteiger partial charge in [0.25, 0.3) is 5.91 Å². The molecular weight excluding hydrogens is 210 g/mol. The Morgan fingerprint density at radius 2 is 2.47 bits per heavy atom. The summed E-state index contributed by atoms with van der Waals surface area (Å²) in [4.78, 5) is 16.2. The average molecular weight is 221 g/mol. The monoisotopic (exact) mass is 221 g/mol. The summed E-state index contributed by atoms with van der Waals surface area (Å²) in [6.07, 6.45) is 3.39. The SMILES string of the molecule is CCNC(=O)c1sc2cnccc2c1N. The van der Waals surface area contributed by atoms with Crippen LogP contribution in [0.15, 0.2) is 18.5 Å². The zero-order chi connectivity index (χ0) is 10.8. The molecule has 5 heteroatoms. The van der Waals surface area contributed by atoms with Crippen LogP contribution >= 0.6 is 11.3 Å². The van der Waals surface area contributed by atoms with Crippen LogP contribution in [0.25, 0.3) is 10.1 Å². The van der Waals surface area contributed by atoms with E-state index in [1.807, 2.05) is 13.0 Å². The molecule has 0 bridgehead atoms. The fourth-order valence-corrected chi connectivity index (χ4v) is 2.39. The number of carbonyl (C=O) groups excluding carboxylic acids is 1. The molecule has 2 aromatic heterocycles. The zero-order valence-corrected chi connectivity index (χ0v) is 9.10. The molecule has 0 radical (unpaired) electrons. The van der Waals surface area contributed by atoms with E-state index in [1.54, 1.807) is 12.4 Å². The van der Waals surface area contributed by atoms with Crippen molar-refractivity contribution in [1.29, 1.82) is 0 Å². The number of nitrogen functional groups attached to an aromatic ring is 1. The third-order valence-electron chi connectivity index (χ3n) is 2.07. The second-order valence-electron chi connectivity index (χ2n) is 3.08. The van der Waals surface area contributed by atoms with Gasteiger partial charge >= 0.3 is 0 Å². The van der Waals surface area contributed by atoms with Crippen molar-refractivity contribution < 1.29 is 4.79 Å². The van der Waals surface area contributed by atoms with Crippen LogP contribution in [0.3, 0.4) is 0 Å². The number of fused-ring (bicyclic) bond motifs is 1. The molecule has 3 N–H and O–H groups in total. The molecule has 78 valence electrons. The van der Waals surface area contributed by atoms with E-state index < -0.39 is 0 Å². The number of carbonyl (C=O) groups is 1. The first-order valence-electron chi connectivity index (χ1n) is 4.64. The Morgan fingerprint density at radius 3 is 3.13 bits per heavy atom. The van der Waals surface area contributed by atoms with Gasteiger partial charge < -0.3 is 11.1 Å². The number of anilines is 1. The Morgan fingerprint density at radius 1 is 1.67 bits per heavy atom. The number of nitrogens with one attached hydrogen (secondary N) is 1. The Bertz CT molecular complexity index is 506. The van der Waals surface area contributed by atoms with E-state index in [2.05, 4.69) is 10.3 Å². The molecule has 1 amide bonds. The molecule has 0 saturated heterocycles. The molecule has 2 aromatic rings. The van der Waals surface area contributed by atoms with Crippen molar-refractivity contribution >= 4 is 33.0 Å². The maximum atomic E-state index is 11.6. The number of hydrogen-bond donors (Lipinski definition) is 2. The van der Waals surface area contributed by atoms with Gasteiger partial charge in [-0.1, -0.05) is 0 Å². The van der Waals surface area contributed by atoms with Crippen LogP contribution in [-0.2, 0) is 0 Å². The van der Waals surface area contributed by atoms with Gasteiger partial charge in [-0.2, -0.15) is 0 Å². The smallest absolute Gasteiger partial charge is 0.263 e. The Labute approximate surface area is 91.1 Å². The molecule has 15 heavy (non-hydrogen) atoms. The van der Waals surface area contributed by atoms with Gasteiger partial charge in [0.05, 0.1) is 10.4 Å². The van der Waals surface area contributed by atoms with E-state index in [0.29, 0.717) is 17.1 Å². The number of rotatable bonds is 2. The summed E-state index contributed by atoms with van der Waals surface area (Å²) in [7, 11) is 0. The fraction of sp³-hybridized carbons (Fsp3) is 0.200. The van der Waals surface area contributed by atoms with Crippen molar-refractivity contribution in [1.82, 2.24) is 10.3 Å². The molecule has 0 aliphatic rings. The van der Waals surface area contributed by atoms with Crippen LogP contribution < -0.4 is 11.1 Å². The normalized spacial score (nSPS) is 10.5. The van der Waals surface area contributed by atoms with Gasteiger partial charge in [-0.15, -0.1) is 11.3 Å². The third kappa shape index (κ3) is 1.66. The molecule has 0 atom stereocenters. The lowest BCUT2D eigenvalue weighted by molar-refractivity contribution is 0.0960. The minimum atomic E-state index is -0.115. The Kier molecular flexibility index (Phi) is 2.55. The van der Waals surface area contributed by atoms with Crippen LogP contribution in [-0.4, -0.2) is 17.4 Å². The molecule has 0 unspecified atom stereocenters. The van der Waals surface area contributed by atoms with Crippen molar-refractivity contribution in [2.45, 2.75) is 6.92 Å². The molecule has 0 saturated carbocycles. The number of hydrogen-bond acceptors (Lipinski definition) is 4. The third-order valence-corrected chi connectivity index (χ3v) is 3.23. The summed E-state index contributed by atoms with van der Waals surface area (Å²) in [6, 6.07) is 1.82. The number of thiophene rings is 1. The molecule has 0 spiro atoms. The van der Waals surface area contributed by atoms with Gasteiger partial charge in [-0.3, -0.25) is 9.78 Å². The van der Waals surface area contributed by atoms with Crippen molar-refractivity contribution in [2.75, 3.05) is 12.3 Å². The van der Waals surface area contributed by atoms with Crippen LogP contribution in [0.1, 0.15) is 16.6 Å². The number of amides is 1. The Balaban J connectivity index is 2.53.